The highest BCUT2D eigenvalue weighted by atomic mass is 79.9. The molecule has 0 spiro atoms. The number of benzene rings is 2. The average molecular weight is 351 g/mol. The normalized spacial score (nSPS) is 17.7. The molecule has 1 aliphatic rings. The van der Waals surface area contributed by atoms with Crippen molar-refractivity contribution in [3.63, 3.8) is 0 Å². The van der Waals surface area contributed by atoms with Gasteiger partial charge in [-0.15, -0.1) is 0 Å². The molecule has 1 aliphatic carbocycles. The van der Waals surface area contributed by atoms with Crippen LogP contribution in [-0.2, 0) is 0 Å². The molecule has 0 amide bonds. The zero-order chi connectivity index (χ0) is 14.9. The van der Waals surface area contributed by atoms with Crippen LogP contribution in [-0.4, -0.2) is 9.55 Å². The van der Waals surface area contributed by atoms with Crippen LogP contribution in [0.2, 0.25) is 0 Å². The Morgan fingerprint density at radius 2 is 1.77 bits per heavy atom. The summed E-state index contributed by atoms with van der Waals surface area (Å²) < 4.78 is 3.49. The molecule has 2 aromatic carbocycles. The SMILES string of the molecule is BrC1=CCC(n2c(-c3ccccc3)nc3ccccc32)C=C1. The number of para-hydroxylation sites is 2. The fraction of sp³-hybridized carbons (Fsp3) is 0.105. The van der Waals surface area contributed by atoms with Crippen molar-refractivity contribution >= 4 is 27.0 Å². The van der Waals surface area contributed by atoms with Gasteiger partial charge >= 0.3 is 0 Å². The van der Waals surface area contributed by atoms with Gasteiger partial charge in [-0.1, -0.05) is 76.6 Å². The third-order valence-electron chi connectivity index (χ3n) is 3.99. The van der Waals surface area contributed by atoms with E-state index in [9.17, 15) is 0 Å². The van der Waals surface area contributed by atoms with Crippen LogP contribution in [0.4, 0.5) is 0 Å². The zero-order valence-corrected chi connectivity index (χ0v) is 13.6. The van der Waals surface area contributed by atoms with E-state index in [0.29, 0.717) is 6.04 Å². The van der Waals surface area contributed by atoms with Gasteiger partial charge in [0, 0.05) is 10.0 Å². The Balaban J connectivity index is 1.93. The molecule has 1 atom stereocenters. The van der Waals surface area contributed by atoms with Crippen LogP contribution in [0.3, 0.4) is 0 Å². The molecule has 0 aliphatic heterocycles. The predicted octanol–water partition coefficient (Wildman–Crippen LogP) is 5.48. The first-order valence-corrected chi connectivity index (χ1v) is 8.18. The van der Waals surface area contributed by atoms with Crippen molar-refractivity contribution in [3.05, 3.63) is 77.3 Å². The summed E-state index contributed by atoms with van der Waals surface area (Å²) in [5, 5.41) is 0. The van der Waals surface area contributed by atoms with E-state index in [1.807, 2.05) is 12.1 Å². The number of hydrogen-bond acceptors (Lipinski definition) is 1. The third-order valence-corrected chi connectivity index (χ3v) is 4.58. The lowest BCUT2D eigenvalue weighted by Crippen LogP contribution is -2.09. The molecule has 2 nitrogen and oxygen atoms in total. The molecule has 3 aromatic rings. The van der Waals surface area contributed by atoms with Gasteiger partial charge in [-0.25, -0.2) is 4.98 Å². The monoisotopic (exact) mass is 350 g/mol. The van der Waals surface area contributed by atoms with E-state index in [4.69, 9.17) is 4.98 Å². The Morgan fingerprint density at radius 3 is 2.55 bits per heavy atom. The van der Waals surface area contributed by atoms with Crippen LogP contribution < -0.4 is 0 Å². The first kappa shape index (κ1) is 13.5. The van der Waals surface area contributed by atoms with Crippen molar-refractivity contribution in [2.45, 2.75) is 12.5 Å². The number of nitrogens with zero attached hydrogens (tertiary/aromatic N) is 2. The summed E-state index contributed by atoms with van der Waals surface area (Å²) in [5.41, 5.74) is 3.38. The number of imidazole rings is 1. The summed E-state index contributed by atoms with van der Waals surface area (Å²) in [5.74, 6) is 1.03. The smallest absolute Gasteiger partial charge is 0.141 e. The van der Waals surface area contributed by atoms with Gasteiger partial charge in [-0.3, -0.25) is 0 Å². The van der Waals surface area contributed by atoms with E-state index in [1.165, 1.54) is 5.52 Å². The summed E-state index contributed by atoms with van der Waals surface area (Å²) in [7, 11) is 0. The Labute approximate surface area is 137 Å². The van der Waals surface area contributed by atoms with Crippen LogP contribution in [0.25, 0.3) is 22.4 Å². The van der Waals surface area contributed by atoms with E-state index < -0.39 is 0 Å². The fourth-order valence-corrected chi connectivity index (χ4v) is 3.28. The van der Waals surface area contributed by atoms with E-state index in [2.05, 4.69) is 81.2 Å². The summed E-state index contributed by atoms with van der Waals surface area (Å²) >= 11 is 3.54. The number of fused-ring (bicyclic) bond motifs is 1. The Bertz CT molecular complexity index is 875. The maximum absolute atomic E-state index is 4.87. The Morgan fingerprint density at radius 1 is 1.00 bits per heavy atom. The van der Waals surface area contributed by atoms with Gasteiger partial charge in [0.25, 0.3) is 0 Å². The maximum atomic E-state index is 4.87. The van der Waals surface area contributed by atoms with Crippen LogP contribution in [0.15, 0.2) is 77.3 Å². The molecular weight excluding hydrogens is 336 g/mol. The Kier molecular flexibility index (Phi) is 3.43. The quantitative estimate of drug-likeness (QED) is 0.598. The van der Waals surface area contributed by atoms with E-state index in [0.717, 1.165) is 27.8 Å². The lowest BCUT2D eigenvalue weighted by Gasteiger charge is -2.20. The molecular formula is C19H15BrN2. The lowest BCUT2D eigenvalue weighted by molar-refractivity contribution is 0.630. The molecule has 0 bridgehead atoms. The van der Waals surface area contributed by atoms with Crippen molar-refractivity contribution < 1.29 is 0 Å². The minimum atomic E-state index is 0.295. The minimum Gasteiger partial charge on any atom is -0.317 e. The number of allylic oxidation sites excluding steroid dienone is 4. The number of aromatic nitrogens is 2. The maximum Gasteiger partial charge on any atom is 0.141 e. The first-order chi connectivity index (χ1) is 10.8. The second-order valence-corrected chi connectivity index (χ2v) is 6.33. The van der Waals surface area contributed by atoms with Crippen molar-refractivity contribution in [3.8, 4) is 11.4 Å². The third kappa shape index (κ3) is 2.32. The average Bonchev–Trinajstić information content (AvgIpc) is 2.96. The fourth-order valence-electron chi connectivity index (χ4n) is 2.95. The molecule has 1 unspecified atom stereocenters. The molecule has 0 fully saturated rings. The lowest BCUT2D eigenvalue weighted by atomic mass is 10.1. The summed E-state index contributed by atoms with van der Waals surface area (Å²) in [6.45, 7) is 0. The predicted molar refractivity (Wildman–Crippen MR) is 95.0 cm³/mol. The Hall–Kier alpha value is -2.13. The van der Waals surface area contributed by atoms with Crippen LogP contribution in [0.5, 0.6) is 0 Å². The van der Waals surface area contributed by atoms with Crippen molar-refractivity contribution in [1.29, 1.82) is 0 Å². The topological polar surface area (TPSA) is 17.8 Å². The molecule has 1 aromatic heterocycles. The standard InChI is InChI=1S/C19H15BrN2/c20-15-10-12-16(13-11-15)22-18-9-5-4-8-17(18)21-19(22)14-6-2-1-3-7-14/h1-12,16H,13H2. The number of rotatable bonds is 2. The molecule has 0 saturated carbocycles. The molecule has 1 heterocycles. The van der Waals surface area contributed by atoms with Gasteiger partial charge in [-0.05, 0) is 18.6 Å². The number of hydrogen-bond donors (Lipinski definition) is 0. The van der Waals surface area contributed by atoms with Gasteiger partial charge in [0.1, 0.15) is 5.82 Å². The van der Waals surface area contributed by atoms with Gasteiger partial charge in [-0.2, -0.15) is 0 Å². The highest BCUT2D eigenvalue weighted by molar-refractivity contribution is 9.11. The highest BCUT2D eigenvalue weighted by Crippen LogP contribution is 2.33. The van der Waals surface area contributed by atoms with Crippen molar-refractivity contribution in [1.82, 2.24) is 9.55 Å². The first-order valence-electron chi connectivity index (χ1n) is 7.39. The summed E-state index contributed by atoms with van der Waals surface area (Å²) in [4.78, 5) is 4.87. The number of halogens is 1. The van der Waals surface area contributed by atoms with E-state index in [1.54, 1.807) is 0 Å². The molecule has 0 N–H and O–H groups in total. The molecule has 4 rings (SSSR count). The van der Waals surface area contributed by atoms with Gasteiger partial charge < -0.3 is 4.57 Å². The molecule has 22 heavy (non-hydrogen) atoms. The molecule has 3 heteroatoms. The van der Waals surface area contributed by atoms with Crippen LogP contribution >= 0.6 is 15.9 Å². The highest BCUT2D eigenvalue weighted by Gasteiger charge is 2.19. The van der Waals surface area contributed by atoms with Crippen molar-refractivity contribution in [2.75, 3.05) is 0 Å². The zero-order valence-electron chi connectivity index (χ0n) is 12.0. The molecule has 0 saturated heterocycles. The van der Waals surface area contributed by atoms with Crippen molar-refractivity contribution in [2.24, 2.45) is 0 Å². The van der Waals surface area contributed by atoms with Crippen LogP contribution in [0, 0.1) is 0 Å². The molecule has 108 valence electrons. The summed E-state index contributed by atoms with van der Waals surface area (Å²) in [6.07, 6.45) is 7.55. The van der Waals surface area contributed by atoms with E-state index in [-0.39, 0.29) is 0 Å². The molecule has 0 radical (unpaired) electrons. The second-order valence-electron chi connectivity index (χ2n) is 5.41. The van der Waals surface area contributed by atoms with Crippen LogP contribution in [0.1, 0.15) is 12.5 Å². The van der Waals surface area contributed by atoms with Gasteiger partial charge in [0.15, 0.2) is 0 Å². The minimum absolute atomic E-state index is 0.295. The van der Waals surface area contributed by atoms with Gasteiger partial charge in [0.05, 0.1) is 17.1 Å². The second kappa shape index (κ2) is 5.58. The largest absolute Gasteiger partial charge is 0.317 e. The summed E-state index contributed by atoms with van der Waals surface area (Å²) in [6, 6.07) is 19.0. The van der Waals surface area contributed by atoms with Gasteiger partial charge in [0.2, 0.25) is 0 Å². The van der Waals surface area contributed by atoms with E-state index >= 15 is 0 Å².